The van der Waals surface area contributed by atoms with Gasteiger partial charge in [0.15, 0.2) is 0 Å². The number of benzene rings is 4. The molecular formula is C45H48N4O. The Morgan fingerprint density at radius 2 is 1.30 bits per heavy atom. The lowest BCUT2D eigenvalue weighted by Crippen LogP contribution is -2.06. The number of para-hydroxylation sites is 1. The Labute approximate surface area is 296 Å². The van der Waals surface area contributed by atoms with E-state index in [-0.39, 0.29) is 5.92 Å². The third-order valence-electron chi connectivity index (χ3n) is 9.94. The zero-order valence-electron chi connectivity index (χ0n) is 31.1. The zero-order valence-corrected chi connectivity index (χ0v) is 31.1. The van der Waals surface area contributed by atoms with E-state index in [4.69, 9.17) is 14.8 Å². The first-order valence-corrected chi connectivity index (χ1v) is 17.9. The van der Waals surface area contributed by atoms with Gasteiger partial charge in [-0.05, 0) is 116 Å². The summed E-state index contributed by atoms with van der Waals surface area (Å²) in [5.41, 5.74) is 14.3. The number of pyridine rings is 1. The van der Waals surface area contributed by atoms with Gasteiger partial charge in [0.05, 0.1) is 28.1 Å². The van der Waals surface area contributed by atoms with E-state index >= 15 is 0 Å². The average Bonchev–Trinajstić information content (AvgIpc) is 3.58. The van der Waals surface area contributed by atoms with Crippen molar-refractivity contribution in [2.45, 2.75) is 87.0 Å². The summed E-state index contributed by atoms with van der Waals surface area (Å²) in [5.74, 6) is 3.45. The second kappa shape index (κ2) is 12.9. The highest BCUT2D eigenvalue weighted by molar-refractivity contribution is 6.09. The number of fused-ring (bicyclic) bond motifs is 3. The molecule has 0 atom stereocenters. The molecule has 50 heavy (non-hydrogen) atoms. The van der Waals surface area contributed by atoms with Crippen molar-refractivity contribution >= 4 is 21.8 Å². The molecule has 0 spiro atoms. The highest BCUT2D eigenvalue weighted by Crippen LogP contribution is 2.40. The number of nitrogens with zero attached hydrogens (tertiary/aromatic N) is 4. The molecule has 0 saturated carbocycles. The maximum atomic E-state index is 6.79. The molecule has 5 heteroatoms. The van der Waals surface area contributed by atoms with Crippen LogP contribution in [0, 0.1) is 27.7 Å². The molecule has 0 aliphatic heterocycles. The predicted octanol–water partition coefficient (Wildman–Crippen LogP) is 12.4. The molecule has 0 radical (unpaired) electrons. The Hall–Kier alpha value is -5.16. The fourth-order valence-electron chi connectivity index (χ4n) is 7.59. The summed E-state index contributed by atoms with van der Waals surface area (Å²) in [5, 5.41) is 7.58. The summed E-state index contributed by atoms with van der Waals surface area (Å²) in [6.45, 7) is 22.2. The number of hydrogen-bond donors (Lipinski definition) is 0. The molecule has 0 saturated heterocycles. The first kappa shape index (κ1) is 33.3. The van der Waals surface area contributed by atoms with Crippen LogP contribution in [0.25, 0.3) is 44.4 Å². The maximum Gasteiger partial charge on any atom is 0.137 e. The van der Waals surface area contributed by atoms with Crippen molar-refractivity contribution in [2.75, 3.05) is 0 Å². The van der Waals surface area contributed by atoms with Crippen molar-refractivity contribution in [1.82, 2.24) is 19.3 Å². The number of rotatable bonds is 8. The van der Waals surface area contributed by atoms with E-state index in [1.807, 2.05) is 6.20 Å². The number of aromatic nitrogens is 4. The van der Waals surface area contributed by atoms with E-state index in [0.717, 1.165) is 39.7 Å². The Balaban J connectivity index is 1.37. The van der Waals surface area contributed by atoms with Crippen molar-refractivity contribution in [3.63, 3.8) is 0 Å². The molecule has 0 N–H and O–H groups in total. The molecule has 0 aliphatic rings. The Bertz CT molecular complexity index is 2360. The van der Waals surface area contributed by atoms with Gasteiger partial charge >= 0.3 is 0 Å². The van der Waals surface area contributed by atoms with Crippen LogP contribution in [0.2, 0.25) is 0 Å². The smallest absolute Gasteiger partial charge is 0.137 e. The number of ether oxygens (including phenoxy) is 1. The van der Waals surface area contributed by atoms with Gasteiger partial charge in [0.25, 0.3) is 0 Å². The van der Waals surface area contributed by atoms with E-state index in [1.54, 1.807) is 0 Å². The van der Waals surface area contributed by atoms with Crippen LogP contribution < -0.4 is 4.74 Å². The maximum absolute atomic E-state index is 6.79. The standard InChI is InChI=1S/C45H48N4O/c1-26(2)33-17-18-46-42(23-33)48-40-14-12-11-13-38(40)39-16-15-36(25-41(39)48)50-37-22-34(27(3)4)21-35(24-37)49-45(28(5)6)44(32(10)47-49)43-30(8)19-29(7)20-31(43)9/h11-28H,1-10H3. The third-order valence-corrected chi connectivity index (χ3v) is 9.94. The molecule has 7 aromatic rings. The lowest BCUT2D eigenvalue weighted by atomic mass is 9.90. The summed E-state index contributed by atoms with van der Waals surface area (Å²) >= 11 is 0. The molecule has 3 aromatic heterocycles. The molecule has 4 aromatic carbocycles. The van der Waals surface area contributed by atoms with E-state index in [0.29, 0.717) is 11.8 Å². The summed E-state index contributed by atoms with van der Waals surface area (Å²) < 4.78 is 11.2. The van der Waals surface area contributed by atoms with Crippen LogP contribution in [-0.4, -0.2) is 19.3 Å². The topological polar surface area (TPSA) is 44.9 Å². The van der Waals surface area contributed by atoms with Gasteiger partial charge < -0.3 is 4.74 Å². The zero-order chi connectivity index (χ0) is 35.4. The van der Waals surface area contributed by atoms with Gasteiger partial charge in [0.2, 0.25) is 0 Å². The van der Waals surface area contributed by atoms with E-state index in [9.17, 15) is 0 Å². The first-order valence-electron chi connectivity index (χ1n) is 17.9. The van der Waals surface area contributed by atoms with Gasteiger partial charge in [-0.25, -0.2) is 9.67 Å². The van der Waals surface area contributed by atoms with Gasteiger partial charge in [-0.2, -0.15) is 5.10 Å². The highest BCUT2D eigenvalue weighted by atomic mass is 16.5. The van der Waals surface area contributed by atoms with Crippen LogP contribution in [0.5, 0.6) is 11.5 Å². The predicted molar refractivity (Wildman–Crippen MR) is 209 cm³/mol. The van der Waals surface area contributed by atoms with Gasteiger partial charge in [-0.15, -0.1) is 0 Å². The van der Waals surface area contributed by atoms with Crippen molar-refractivity contribution in [2.24, 2.45) is 0 Å². The van der Waals surface area contributed by atoms with Crippen LogP contribution in [0.15, 0.2) is 91.1 Å². The second-order valence-electron chi connectivity index (χ2n) is 14.8. The molecule has 0 bridgehead atoms. The molecule has 5 nitrogen and oxygen atoms in total. The summed E-state index contributed by atoms with van der Waals surface area (Å²) in [6.07, 6.45) is 1.92. The Morgan fingerprint density at radius 3 is 2.00 bits per heavy atom. The fraction of sp³-hybridized carbons (Fsp3) is 0.289. The minimum atomic E-state index is 0.255. The quantitative estimate of drug-likeness (QED) is 0.163. The number of aryl methyl sites for hydroxylation is 4. The largest absolute Gasteiger partial charge is 0.457 e. The number of hydrogen-bond acceptors (Lipinski definition) is 3. The van der Waals surface area contributed by atoms with Gasteiger partial charge in [-0.1, -0.05) is 77.4 Å². The summed E-state index contributed by atoms with van der Waals surface area (Å²) in [7, 11) is 0. The second-order valence-corrected chi connectivity index (χ2v) is 14.8. The van der Waals surface area contributed by atoms with Crippen molar-refractivity contribution in [1.29, 1.82) is 0 Å². The molecule has 7 rings (SSSR count). The first-order chi connectivity index (χ1) is 23.9. The van der Waals surface area contributed by atoms with Crippen molar-refractivity contribution in [3.05, 3.63) is 130 Å². The highest BCUT2D eigenvalue weighted by Gasteiger charge is 2.24. The van der Waals surface area contributed by atoms with Crippen LogP contribution in [0.3, 0.4) is 0 Å². The van der Waals surface area contributed by atoms with E-state index in [2.05, 4.69) is 163 Å². The Kier molecular flexibility index (Phi) is 8.63. The van der Waals surface area contributed by atoms with Crippen LogP contribution in [-0.2, 0) is 0 Å². The fourth-order valence-corrected chi connectivity index (χ4v) is 7.59. The van der Waals surface area contributed by atoms with Crippen LogP contribution >= 0.6 is 0 Å². The molecule has 0 fully saturated rings. The monoisotopic (exact) mass is 660 g/mol. The minimum absolute atomic E-state index is 0.255. The molecule has 3 heterocycles. The molecule has 0 amide bonds. The van der Waals surface area contributed by atoms with Crippen molar-refractivity contribution < 1.29 is 4.74 Å². The van der Waals surface area contributed by atoms with Crippen molar-refractivity contribution in [3.8, 4) is 34.1 Å². The molecule has 254 valence electrons. The lowest BCUT2D eigenvalue weighted by molar-refractivity contribution is 0.481. The third kappa shape index (κ3) is 5.89. The lowest BCUT2D eigenvalue weighted by Gasteiger charge is -2.18. The minimum Gasteiger partial charge on any atom is -0.457 e. The summed E-state index contributed by atoms with van der Waals surface area (Å²) in [6, 6.07) is 30.4. The average molecular weight is 661 g/mol. The molecule has 0 unspecified atom stereocenters. The van der Waals surface area contributed by atoms with Gasteiger partial charge in [0.1, 0.15) is 17.3 Å². The van der Waals surface area contributed by atoms with Crippen LogP contribution in [0.4, 0.5) is 0 Å². The molecular weight excluding hydrogens is 613 g/mol. The molecule has 0 aliphatic carbocycles. The summed E-state index contributed by atoms with van der Waals surface area (Å²) in [4.78, 5) is 4.84. The van der Waals surface area contributed by atoms with Crippen LogP contribution in [0.1, 0.15) is 98.5 Å². The normalized spacial score (nSPS) is 11.9. The SMILES string of the molecule is Cc1cc(C)c(-c2c(C)nn(-c3cc(Oc4ccc5c6ccccc6n(-c6cc(C(C)C)ccn6)c5c4)cc(C(C)C)c3)c2C(C)C)c(C)c1. The van der Waals surface area contributed by atoms with Gasteiger partial charge in [0, 0.05) is 34.7 Å². The van der Waals surface area contributed by atoms with E-state index < -0.39 is 0 Å². The van der Waals surface area contributed by atoms with E-state index in [1.165, 1.54) is 55.4 Å². The van der Waals surface area contributed by atoms with Gasteiger partial charge in [-0.3, -0.25) is 4.57 Å². The Morgan fingerprint density at radius 1 is 0.600 bits per heavy atom.